The molecule has 0 N–H and O–H groups in total. The van der Waals surface area contributed by atoms with Crippen molar-refractivity contribution in [3.05, 3.63) is 38.9 Å². The number of aromatic nitrogens is 2. The van der Waals surface area contributed by atoms with Crippen LogP contribution in [-0.4, -0.2) is 52.4 Å². The third-order valence-corrected chi connectivity index (χ3v) is 8.27. The van der Waals surface area contributed by atoms with Gasteiger partial charge in [0.1, 0.15) is 6.54 Å². The molecule has 2 heterocycles. The molecule has 0 spiro atoms. The van der Waals surface area contributed by atoms with Gasteiger partial charge in [0.05, 0.1) is 33.8 Å². The van der Waals surface area contributed by atoms with E-state index in [0.717, 1.165) is 32.1 Å². The molecule has 30 heavy (non-hydrogen) atoms. The molecule has 1 unspecified atom stereocenters. The molecule has 7 nitrogen and oxygen atoms in total. The smallest absolute Gasteiger partial charge is 0.261 e. The first-order chi connectivity index (χ1) is 14.2. The van der Waals surface area contributed by atoms with Crippen molar-refractivity contribution < 1.29 is 13.2 Å². The van der Waals surface area contributed by atoms with Gasteiger partial charge in [-0.25, -0.2) is 13.4 Å². The molecule has 1 saturated carbocycles. The largest absolute Gasteiger partial charge is 0.334 e. The highest BCUT2D eigenvalue weighted by Gasteiger charge is 2.38. The molecule has 162 valence electrons. The molecule has 0 radical (unpaired) electrons. The highest BCUT2D eigenvalue weighted by atomic mass is 35.5. The maximum absolute atomic E-state index is 13.3. The molecule has 1 aromatic heterocycles. The number of carbonyl (C=O) groups is 1. The molecule has 4 rings (SSSR count). The number of benzene rings is 1. The third-order valence-electron chi connectivity index (χ3n) is 6.01. The Morgan fingerprint density at radius 1 is 1.13 bits per heavy atom. The zero-order chi connectivity index (χ0) is 21.5. The monoisotopic (exact) mass is 471 g/mol. The number of nitrogens with zero attached hydrogens (tertiary/aromatic N) is 3. The van der Waals surface area contributed by atoms with Gasteiger partial charge in [-0.15, -0.1) is 0 Å². The maximum atomic E-state index is 13.3. The van der Waals surface area contributed by atoms with Crippen LogP contribution in [0.3, 0.4) is 0 Å². The number of halogens is 2. The quantitative estimate of drug-likeness (QED) is 0.683. The summed E-state index contributed by atoms with van der Waals surface area (Å²) in [5, 5.41) is 0.832. The summed E-state index contributed by atoms with van der Waals surface area (Å²) in [4.78, 5) is 32.2. The van der Waals surface area contributed by atoms with Crippen LogP contribution < -0.4 is 5.56 Å². The number of carbonyl (C=O) groups excluding carboxylic acids is 1. The van der Waals surface area contributed by atoms with Crippen LogP contribution in [0.25, 0.3) is 10.9 Å². The fraction of sp³-hybridized carbons (Fsp3) is 0.550. The lowest BCUT2D eigenvalue weighted by atomic mass is 9.93. The number of rotatable bonds is 4. The van der Waals surface area contributed by atoms with Crippen molar-refractivity contribution >= 4 is 49.8 Å². The second-order valence-corrected chi connectivity index (χ2v) is 11.2. The van der Waals surface area contributed by atoms with Crippen molar-refractivity contribution in [2.45, 2.75) is 57.2 Å². The van der Waals surface area contributed by atoms with Crippen LogP contribution in [0.15, 0.2) is 23.3 Å². The standard InChI is InChI=1S/C20H23Cl2N3O4S/c21-13-8-16-19(17(22)9-13)23-12-24(20(16)27)10-18(26)25(14-4-2-1-3-5-14)15-6-7-30(28,29)11-15/h8-9,12,14-15H,1-7,10-11H2. The Morgan fingerprint density at radius 2 is 1.87 bits per heavy atom. The van der Waals surface area contributed by atoms with Crippen molar-refractivity contribution in [2.75, 3.05) is 11.5 Å². The lowest BCUT2D eigenvalue weighted by Gasteiger charge is -2.38. The summed E-state index contributed by atoms with van der Waals surface area (Å²) >= 11 is 12.2. The summed E-state index contributed by atoms with van der Waals surface area (Å²) in [5.41, 5.74) is -0.0684. The molecule has 1 aliphatic heterocycles. The highest BCUT2D eigenvalue weighted by molar-refractivity contribution is 7.91. The minimum Gasteiger partial charge on any atom is -0.334 e. The van der Waals surface area contributed by atoms with Gasteiger partial charge in [0.25, 0.3) is 5.56 Å². The highest BCUT2D eigenvalue weighted by Crippen LogP contribution is 2.29. The second kappa shape index (κ2) is 8.48. The van der Waals surface area contributed by atoms with E-state index in [1.165, 1.54) is 23.0 Å². The van der Waals surface area contributed by atoms with E-state index in [1.807, 2.05) is 0 Å². The number of fused-ring (bicyclic) bond motifs is 1. The molecule has 1 saturated heterocycles. The van der Waals surface area contributed by atoms with Crippen LogP contribution in [-0.2, 0) is 21.2 Å². The predicted octanol–water partition coefficient (Wildman–Crippen LogP) is 3.05. The normalized spacial score (nSPS) is 21.7. The van der Waals surface area contributed by atoms with Gasteiger partial charge in [-0.1, -0.05) is 42.5 Å². The summed E-state index contributed by atoms with van der Waals surface area (Å²) in [6.45, 7) is -0.195. The Balaban J connectivity index is 1.65. The van der Waals surface area contributed by atoms with E-state index in [9.17, 15) is 18.0 Å². The van der Waals surface area contributed by atoms with E-state index in [4.69, 9.17) is 23.2 Å². The van der Waals surface area contributed by atoms with Gasteiger partial charge in [0.2, 0.25) is 5.91 Å². The zero-order valence-electron chi connectivity index (χ0n) is 16.4. The first kappa shape index (κ1) is 21.6. The first-order valence-electron chi connectivity index (χ1n) is 10.1. The Bertz CT molecular complexity index is 1140. The lowest BCUT2D eigenvalue weighted by Crippen LogP contribution is -2.50. The molecule has 1 amide bonds. The molecule has 0 bridgehead atoms. The van der Waals surface area contributed by atoms with Crippen LogP contribution in [0.5, 0.6) is 0 Å². The second-order valence-electron chi connectivity index (χ2n) is 8.11. The molecule has 1 atom stereocenters. The summed E-state index contributed by atoms with van der Waals surface area (Å²) in [6.07, 6.45) is 6.63. The van der Waals surface area contributed by atoms with E-state index in [2.05, 4.69) is 4.98 Å². The number of sulfone groups is 1. The number of hydrogen-bond acceptors (Lipinski definition) is 5. The van der Waals surface area contributed by atoms with E-state index >= 15 is 0 Å². The average molecular weight is 472 g/mol. The van der Waals surface area contributed by atoms with E-state index in [-0.39, 0.29) is 46.5 Å². The molecule has 10 heteroatoms. The van der Waals surface area contributed by atoms with Crippen LogP contribution in [0.4, 0.5) is 0 Å². The van der Waals surface area contributed by atoms with Gasteiger partial charge < -0.3 is 4.90 Å². The van der Waals surface area contributed by atoms with Crippen LogP contribution in [0, 0.1) is 0 Å². The Hall–Kier alpha value is -1.64. The van der Waals surface area contributed by atoms with Gasteiger partial charge in [-0.3, -0.25) is 14.2 Å². The van der Waals surface area contributed by atoms with E-state index in [0.29, 0.717) is 17.0 Å². The van der Waals surface area contributed by atoms with Crippen LogP contribution >= 0.6 is 23.2 Å². The molecule has 1 aromatic carbocycles. The van der Waals surface area contributed by atoms with Crippen molar-refractivity contribution in [3.8, 4) is 0 Å². The van der Waals surface area contributed by atoms with E-state index in [1.54, 1.807) is 4.90 Å². The number of hydrogen-bond donors (Lipinski definition) is 0. The van der Waals surface area contributed by atoms with E-state index < -0.39 is 15.4 Å². The van der Waals surface area contributed by atoms with Crippen molar-refractivity contribution in [2.24, 2.45) is 0 Å². The van der Waals surface area contributed by atoms with Gasteiger partial charge in [-0.2, -0.15) is 0 Å². The van der Waals surface area contributed by atoms with Gasteiger partial charge in [-0.05, 0) is 31.4 Å². The Morgan fingerprint density at radius 3 is 2.53 bits per heavy atom. The molecule has 2 aliphatic rings. The molecular weight excluding hydrogens is 449 g/mol. The lowest BCUT2D eigenvalue weighted by molar-refractivity contribution is -0.137. The van der Waals surface area contributed by atoms with Crippen molar-refractivity contribution in [3.63, 3.8) is 0 Å². The van der Waals surface area contributed by atoms with Crippen molar-refractivity contribution in [1.82, 2.24) is 14.5 Å². The van der Waals surface area contributed by atoms with Crippen LogP contribution in [0.1, 0.15) is 38.5 Å². The minimum atomic E-state index is -3.14. The van der Waals surface area contributed by atoms with Gasteiger partial charge in [0.15, 0.2) is 9.84 Å². The molecule has 2 fully saturated rings. The number of amides is 1. The fourth-order valence-electron chi connectivity index (χ4n) is 4.59. The maximum Gasteiger partial charge on any atom is 0.261 e. The summed E-state index contributed by atoms with van der Waals surface area (Å²) in [6, 6.07) is 2.68. The fourth-order valence-corrected chi connectivity index (χ4v) is 6.85. The van der Waals surface area contributed by atoms with Gasteiger partial charge in [0, 0.05) is 17.1 Å². The Labute approximate surface area is 184 Å². The topological polar surface area (TPSA) is 89.3 Å². The molecule has 2 aromatic rings. The SMILES string of the molecule is O=C(Cn1cnc2c(Cl)cc(Cl)cc2c1=O)N(C1CCCCC1)C1CCS(=O)(=O)C1. The third kappa shape index (κ3) is 4.36. The molecule has 1 aliphatic carbocycles. The first-order valence-corrected chi connectivity index (χ1v) is 12.7. The van der Waals surface area contributed by atoms with Gasteiger partial charge >= 0.3 is 0 Å². The minimum absolute atomic E-state index is 0.00861. The van der Waals surface area contributed by atoms with Crippen LogP contribution in [0.2, 0.25) is 10.0 Å². The molecular formula is C20H23Cl2N3O4S. The summed E-state index contributed by atoms with van der Waals surface area (Å²) in [7, 11) is -3.14. The van der Waals surface area contributed by atoms with Crippen molar-refractivity contribution in [1.29, 1.82) is 0 Å². The zero-order valence-corrected chi connectivity index (χ0v) is 18.7. The summed E-state index contributed by atoms with van der Waals surface area (Å²) < 4.78 is 25.3. The average Bonchev–Trinajstić information content (AvgIpc) is 3.04. The Kier molecular flexibility index (Phi) is 6.10. The predicted molar refractivity (Wildman–Crippen MR) is 117 cm³/mol. The summed E-state index contributed by atoms with van der Waals surface area (Å²) in [5.74, 6) is -0.158.